The smallest absolute Gasteiger partial charge is 0.0129 e. The van der Waals surface area contributed by atoms with E-state index in [0.717, 1.165) is 0 Å². The van der Waals surface area contributed by atoms with Crippen LogP contribution in [0.2, 0.25) is 0 Å². The summed E-state index contributed by atoms with van der Waals surface area (Å²) in [4.78, 5) is 0. The van der Waals surface area contributed by atoms with Crippen molar-refractivity contribution in [3.8, 4) is 0 Å². The van der Waals surface area contributed by atoms with Gasteiger partial charge in [-0.2, -0.15) is 0 Å². The van der Waals surface area contributed by atoms with Crippen molar-refractivity contribution in [3.63, 3.8) is 0 Å². The molecule has 1 aromatic carbocycles. The van der Waals surface area contributed by atoms with Gasteiger partial charge in [0.25, 0.3) is 0 Å². The number of benzene rings is 1. The van der Waals surface area contributed by atoms with E-state index in [-0.39, 0.29) is 5.41 Å². The van der Waals surface area contributed by atoms with Crippen LogP contribution in [0.15, 0.2) is 18.2 Å². The van der Waals surface area contributed by atoms with Gasteiger partial charge in [-0.3, -0.25) is 0 Å². The molecule has 0 N–H and O–H groups in total. The van der Waals surface area contributed by atoms with Crippen LogP contribution in [0.3, 0.4) is 0 Å². The summed E-state index contributed by atoms with van der Waals surface area (Å²) in [6, 6.07) is 6.37. The summed E-state index contributed by atoms with van der Waals surface area (Å²) < 4.78 is 0. The molecular weight excluding hydrogens is 144 g/mol. The summed E-state index contributed by atoms with van der Waals surface area (Å²) in [5.74, 6) is 0. The molecule has 1 aromatic rings. The van der Waals surface area contributed by atoms with Crippen molar-refractivity contribution < 1.29 is 0 Å². The molecule has 0 heterocycles. The maximum absolute atomic E-state index is 4.09. The Morgan fingerprint density at radius 1 is 1.17 bits per heavy atom. The SMILES string of the molecule is [CH2]c1c(C)cccc1C(C)(C)C. The summed E-state index contributed by atoms with van der Waals surface area (Å²) >= 11 is 0. The third-order valence-corrected chi connectivity index (χ3v) is 2.22. The van der Waals surface area contributed by atoms with Crippen LogP contribution in [0.1, 0.15) is 37.5 Å². The van der Waals surface area contributed by atoms with Crippen molar-refractivity contribution in [2.24, 2.45) is 0 Å². The Morgan fingerprint density at radius 2 is 1.75 bits per heavy atom. The average molecular weight is 161 g/mol. The van der Waals surface area contributed by atoms with E-state index in [1.54, 1.807) is 0 Å². The van der Waals surface area contributed by atoms with Crippen LogP contribution in [0.4, 0.5) is 0 Å². The van der Waals surface area contributed by atoms with Gasteiger partial charge in [0.2, 0.25) is 0 Å². The van der Waals surface area contributed by atoms with Gasteiger partial charge in [-0.25, -0.2) is 0 Å². The zero-order valence-electron chi connectivity index (χ0n) is 8.44. The van der Waals surface area contributed by atoms with Crippen molar-refractivity contribution in [2.75, 3.05) is 0 Å². The van der Waals surface area contributed by atoms with E-state index in [0.29, 0.717) is 0 Å². The summed E-state index contributed by atoms with van der Waals surface area (Å²) in [6.45, 7) is 12.9. The maximum Gasteiger partial charge on any atom is -0.0129 e. The molecule has 0 heteroatoms. The quantitative estimate of drug-likeness (QED) is 0.546. The Kier molecular flexibility index (Phi) is 2.27. The van der Waals surface area contributed by atoms with E-state index in [4.69, 9.17) is 0 Å². The molecule has 0 amide bonds. The fraction of sp³-hybridized carbons (Fsp3) is 0.417. The Bertz CT molecular complexity index is 277. The molecule has 0 aliphatic rings. The molecule has 0 aliphatic carbocycles. The van der Waals surface area contributed by atoms with E-state index in [1.807, 2.05) is 0 Å². The number of hydrogen-bond acceptors (Lipinski definition) is 0. The van der Waals surface area contributed by atoms with Gasteiger partial charge in [-0.1, -0.05) is 39.0 Å². The summed E-state index contributed by atoms with van der Waals surface area (Å²) in [7, 11) is 0. The Balaban J connectivity index is 3.26. The molecule has 0 unspecified atom stereocenters. The molecule has 0 bridgehead atoms. The van der Waals surface area contributed by atoms with Crippen LogP contribution in [-0.2, 0) is 5.41 Å². The van der Waals surface area contributed by atoms with Crippen LogP contribution >= 0.6 is 0 Å². The van der Waals surface area contributed by atoms with Gasteiger partial charge in [-0.15, -0.1) is 0 Å². The van der Waals surface area contributed by atoms with Crippen LogP contribution in [-0.4, -0.2) is 0 Å². The molecule has 0 atom stereocenters. The second kappa shape index (κ2) is 2.93. The van der Waals surface area contributed by atoms with Gasteiger partial charge in [0.15, 0.2) is 0 Å². The predicted molar refractivity (Wildman–Crippen MR) is 54.3 cm³/mol. The van der Waals surface area contributed by atoms with Gasteiger partial charge < -0.3 is 0 Å². The van der Waals surface area contributed by atoms with Gasteiger partial charge in [-0.05, 0) is 36.0 Å². The first-order valence-electron chi connectivity index (χ1n) is 4.35. The molecule has 1 rings (SSSR count). The average Bonchev–Trinajstić information content (AvgIpc) is 1.92. The fourth-order valence-electron chi connectivity index (χ4n) is 1.40. The molecule has 65 valence electrons. The fourth-order valence-corrected chi connectivity index (χ4v) is 1.40. The standard InChI is InChI=1S/C12H17/c1-9-7-6-8-11(10(9)2)12(3,4)5/h6-8H,2H2,1,3-5H3. The van der Waals surface area contributed by atoms with Gasteiger partial charge in [0, 0.05) is 0 Å². The number of hydrogen-bond donors (Lipinski definition) is 0. The molecular formula is C12H17. The van der Waals surface area contributed by atoms with Gasteiger partial charge >= 0.3 is 0 Å². The van der Waals surface area contributed by atoms with E-state index >= 15 is 0 Å². The summed E-state index contributed by atoms with van der Waals surface area (Å²) in [5, 5.41) is 0. The molecule has 0 aromatic heterocycles. The highest BCUT2D eigenvalue weighted by Gasteiger charge is 2.16. The monoisotopic (exact) mass is 161 g/mol. The van der Waals surface area contributed by atoms with E-state index < -0.39 is 0 Å². The second-order valence-electron chi connectivity index (χ2n) is 4.35. The highest BCUT2D eigenvalue weighted by atomic mass is 14.2. The van der Waals surface area contributed by atoms with Crippen molar-refractivity contribution >= 4 is 0 Å². The molecule has 0 nitrogen and oxygen atoms in total. The second-order valence-corrected chi connectivity index (χ2v) is 4.35. The zero-order chi connectivity index (χ0) is 9.35. The third-order valence-electron chi connectivity index (χ3n) is 2.22. The molecule has 0 spiro atoms. The normalized spacial score (nSPS) is 11.8. The maximum atomic E-state index is 4.09. The Morgan fingerprint density at radius 3 is 2.17 bits per heavy atom. The third kappa shape index (κ3) is 1.69. The van der Waals surface area contributed by atoms with Crippen molar-refractivity contribution in [1.82, 2.24) is 0 Å². The Labute approximate surface area is 75.6 Å². The van der Waals surface area contributed by atoms with Crippen LogP contribution in [0, 0.1) is 13.8 Å². The van der Waals surface area contributed by atoms with E-state index in [2.05, 4.69) is 52.8 Å². The minimum atomic E-state index is 0.211. The van der Waals surface area contributed by atoms with Crippen LogP contribution < -0.4 is 0 Å². The van der Waals surface area contributed by atoms with E-state index in [9.17, 15) is 0 Å². The largest absolute Gasteiger partial charge is 0.0617 e. The molecule has 0 saturated carbocycles. The summed E-state index contributed by atoms with van der Waals surface area (Å²) in [6.07, 6.45) is 0. The summed E-state index contributed by atoms with van der Waals surface area (Å²) in [5.41, 5.74) is 4.03. The minimum Gasteiger partial charge on any atom is -0.0617 e. The molecule has 1 radical (unpaired) electrons. The molecule has 12 heavy (non-hydrogen) atoms. The highest BCUT2D eigenvalue weighted by Crippen LogP contribution is 2.26. The lowest BCUT2D eigenvalue weighted by Crippen LogP contribution is -2.13. The first-order chi connectivity index (χ1) is 5.43. The van der Waals surface area contributed by atoms with Crippen molar-refractivity contribution in [1.29, 1.82) is 0 Å². The lowest BCUT2D eigenvalue weighted by molar-refractivity contribution is 0.587. The first-order valence-corrected chi connectivity index (χ1v) is 4.35. The first kappa shape index (κ1) is 9.31. The molecule has 0 fully saturated rings. The topological polar surface area (TPSA) is 0 Å². The molecule has 0 saturated heterocycles. The van der Waals surface area contributed by atoms with Crippen LogP contribution in [0.5, 0.6) is 0 Å². The lowest BCUT2D eigenvalue weighted by atomic mass is 9.83. The van der Waals surface area contributed by atoms with Gasteiger partial charge in [0.1, 0.15) is 0 Å². The van der Waals surface area contributed by atoms with Crippen molar-refractivity contribution in [2.45, 2.75) is 33.1 Å². The highest BCUT2D eigenvalue weighted by molar-refractivity contribution is 5.40. The Hall–Kier alpha value is -0.780. The van der Waals surface area contributed by atoms with Crippen molar-refractivity contribution in [3.05, 3.63) is 41.8 Å². The lowest BCUT2D eigenvalue weighted by Gasteiger charge is -2.22. The van der Waals surface area contributed by atoms with E-state index in [1.165, 1.54) is 16.7 Å². The predicted octanol–water partition coefficient (Wildman–Crippen LogP) is 3.47. The zero-order valence-corrected chi connectivity index (χ0v) is 8.44. The van der Waals surface area contributed by atoms with Crippen LogP contribution in [0.25, 0.3) is 0 Å². The minimum absolute atomic E-state index is 0.211. The van der Waals surface area contributed by atoms with Gasteiger partial charge in [0.05, 0.1) is 0 Å². The number of aryl methyl sites for hydroxylation is 1. The molecule has 0 aliphatic heterocycles. The number of rotatable bonds is 0.